The number of fused-ring (bicyclic) bond motifs is 1. The first-order valence-electron chi connectivity index (χ1n) is 8.05. The zero-order valence-corrected chi connectivity index (χ0v) is 14.6. The topological polar surface area (TPSA) is 55.4 Å². The Balaban J connectivity index is 2.34. The van der Waals surface area contributed by atoms with Gasteiger partial charge in [-0.15, -0.1) is 11.3 Å². The second-order valence-corrected chi connectivity index (χ2v) is 7.16. The van der Waals surface area contributed by atoms with E-state index in [0.717, 1.165) is 37.7 Å². The Labute approximate surface area is 136 Å². The molecule has 1 aromatic heterocycles. The van der Waals surface area contributed by atoms with Gasteiger partial charge in [-0.25, -0.2) is 4.79 Å². The van der Waals surface area contributed by atoms with E-state index >= 15 is 0 Å². The van der Waals surface area contributed by atoms with Gasteiger partial charge in [-0.1, -0.05) is 20.8 Å². The van der Waals surface area contributed by atoms with Crippen LogP contribution in [0.2, 0.25) is 0 Å². The number of ether oxygens (including phenoxy) is 1. The maximum atomic E-state index is 12.4. The molecule has 1 N–H and O–H groups in total. The van der Waals surface area contributed by atoms with Crippen LogP contribution in [-0.4, -0.2) is 19.0 Å². The maximum Gasteiger partial charge on any atom is 0.341 e. The first kappa shape index (κ1) is 17.0. The van der Waals surface area contributed by atoms with Crippen LogP contribution >= 0.6 is 11.3 Å². The average Bonchev–Trinajstić information content (AvgIpc) is 2.84. The number of anilines is 1. The molecule has 1 amide bonds. The highest BCUT2D eigenvalue weighted by atomic mass is 32.1. The van der Waals surface area contributed by atoms with Crippen molar-refractivity contribution in [1.29, 1.82) is 0 Å². The number of methoxy groups -OCH3 is 1. The quantitative estimate of drug-likeness (QED) is 0.832. The standard InChI is InChI=1S/C17H25NO3S/c1-5-11(6-2)15(19)18-16-14(17(20)21-4)12-8-7-10(3)9-13(12)22-16/h10-11H,5-9H2,1-4H3,(H,18,19). The molecule has 1 aliphatic rings. The van der Waals surface area contributed by atoms with Crippen LogP contribution in [0.25, 0.3) is 0 Å². The summed E-state index contributed by atoms with van der Waals surface area (Å²) in [6.07, 6.45) is 4.55. The zero-order chi connectivity index (χ0) is 16.3. The fourth-order valence-electron chi connectivity index (χ4n) is 3.03. The second-order valence-electron chi connectivity index (χ2n) is 6.05. The van der Waals surface area contributed by atoms with Gasteiger partial charge < -0.3 is 10.1 Å². The lowest BCUT2D eigenvalue weighted by Gasteiger charge is -2.18. The summed E-state index contributed by atoms with van der Waals surface area (Å²) < 4.78 is 4.94. The lowest BCUT2D eigenvalue weighted by atomic mass is 9.88. The van der Waals surface area contributed by atoms with Gasteiger partial charge in [0.1, 0.15) is 5.00 Å². The summed E-state index contributed by atoms with van der Waals surface area (Å²) in [5, 5.41) is 3.65. The molecule has 1 aliphatic carbocycles. The third kappa shape index (κ3) is 3.35. The summed E-state index contributed by atoms with van der Waals surface area (Å²) in [6.45, 7) is 6.25. The van der Waals surface area contributed by atoms with E-state index in [1.807, 2.05) is 13.8 Å². The van der Waals surface area contributed by atoms with Gasteiger partial charge in [0.15, 0.2) is 0 Å². The summed E-state index contributed by atoms with van der Waals surface area (Å²) in [4.78, 5) is 25.8. The Morgan fingerprint density at radius 3 is 2.64 bits per heavy atom. The van der Waals surface area contributed by atoms with E-state index in [1.54, 1.807) is 11.3 Å². The SMILES string of the molecule is CCC(CC)C(=O)Nc1sc2c(c1C(=O)OC)CCC(C)C2. The van der Waals surface area contributed by atoms with Gasteiger partial charge >= 0.3 is 5.97 Å². The van der Waals surface area contributed by atoms with E-state index in [-0.39, 0.29) is 17.8 Å². The largest absolute Gasteiger partial charge is 0.465 e. The molecule has 0 aliphatic heterocycles. The molecule has 0 spiro atoms. The molecule has 0 bridgehead atoms. The normalized spacial score (nSPS) is 17.2. The fraction of sp³-hybridized carbons (Fsp3) is 0.647. The fourth-order valence-corrected chi connectivity index (χ4v) is 4.43. The summed E-state index contributed by atoms with van der Waals surface area (Å²) in [5.74, 6) is 0.275. The molecular formula is C17H25NO3S. The number of carbonyl (C=O) groups is 2. The van der Waals surface area contributed by atoms with Gasteiger partial charge in [-0.2, -0.15) is 0 Å². The van der Waals surface area contributed by atoms with Crippen LogP contribution in [0.4, 0.5) is 5.00 Å². The van der Waals surface area contributed by atoms with Gasteiger partial charge in [0.25, 0.3) is 0 Å². The highest BCUT2D eigenvalue weighted by Crippen LogP contribution is 2.40. The van der Waals surface area contributed by atoms with Crippen molar-refractivity contribution in [3.63, 3.8) is 0 Å². The Kier molecular flexibility index (Phi) is 5.62. The number of esters is 1. The zero-order valence-electron chi connectivity index (χ0n) is 13.8. The van der Waals surface area contributed by atoms with Crippen molar-refractivity contribution in [3.05, 3.63) is 16.0 Å². The number of hydrogen-bond acceptors (Lipinski definition) is 4. The molecule has 4 nitrogen and oxygen atoms in total. The Bertz CT molecular complexity index is 560. The molecule has 1 atom stereocenters. The molecule has 22 heavy (non-hydrogen) atoms. The lowest BCUT2D eigenvalue weighted by molar-refractivity contribution is -0.120. The van der Waals surface area contributed by atoms with Crippen molar-refractivity contribution < 1.29 is 14.3 Å². The van der Waals surface area contributed by atoms with Crippen molar-refractivity contribution >= 4 is 28.2 Å². The van der Waals surface area contributed by atoms with Crippen LogP contribution in [0.1, 0.15) is 60.8 Å². The number of rotatable bonds is 5. The minimum atomic E-state index is -0.341. The molecule has 0 saturated heterocycles. The smallest absolute Gasteiger partial charge is 0.341 e. The minimum Gasteiger partial charge on any atom is -0.465 e. The van der Waals surface area contributed by atoms with Gasteiger partial charge in [0.2, 0.25) is 5.91 Å². The molecule has 1 unspecified atom stereocenters. The van der Waals surface area contributed by atoms with Gasteiger partial charge in [-0.05, 0) is 43.6 Å². The van der Waals surface area contributed by atoms with E-state index in [2.05, 4.69) is 12.2 Å². The number of amides is 1. The number of thiophene rings is 1. The maximum absolute atomic E-state index is 12.4. The molecule has 1 aromatic rings. The van der Waals surface area contributed by atoms with E-state index in [1.165, 1.54) is 12.0 Å². The third-order valence-electron chi connectivity index (χ3n) is 4.49. The summed E-state index contributed by atoms with van der Waals surface area (Å²) in [7, 11) is 1.39. The molecule has 0 aromatic carbocycles. The van der Waals surface area contributed by atoms with Crippen LogP contribution in [0.15, 0.2) is 0 Å². The summed E-state index contributed by atoms with van der Waals surface area (Å²) in [6, 6.07) is 0. The van der Waals surface area contributed by atoms with Gasteiger partial charge in [-0.3, -0.25) is 4.79 Å². The van der Waals surface area contributed by atoms with Crippen LogP contribution in [0.3, 0.4) is 0 Å². The molecule has 0 radical (unpaired) electrons. The molecule has 122 valence electrons. The first-order valence-corrected chi connectivity index (χ1v) is 8.87. The first-order chi connectivity index (χ1) is 10.5. The molecule has 5 heteroatoms. The van der Waals surface area contributed by atoms with E-state index < -0.39 is 0 Å². The predicted molar refractivity (Wildman–Crippen MR) is 89.5 cm³/mol. The van der Waals surface area contributed by atoms with Crippen LogP contribution in [-0.2, 0) is 22.4 Å². The van der Waals surface area contributed by atoms with Gasteiger partial charge in [0, 0.05) is 10.8 Å². The molecular weight excluding hydrogens is 298 g/mol. The molecule has 1 heterocycles. The summed E-state index contributed by atoms with van der Waals surface area (Å²) in [5.41, 5.74) is 1.66. The third-order valence-corrected chi connectivity index (χ3v) is 5.66. The van der Waals surface area contributed by atoms with Crippen molar-refractivity contribution in [2.24, 2.45) is 11.8 Å². The number of carbonyl (C=O) groups excluding carboxylic acids is 2. The summed E-state index contributed by atoms with van der Waals surface area (Å²) >= 11 is 1.54. The Morgan fingerprint density at radius 1 is 1.36 bits per heavy atom. The van der Waals surface area contributed by atoms with Gasteiger partial charge in [0.05, 0.1) is 12.7 Å². The van der Waals surface area contributed by atoms with E-state index in [4.69, 9.17) is 4.74 Å². The monoisotopic (exact) mass is 323 g/mol. The lowest BCUT2D eigenvalue weighted by Crippen LogP contribution is -2.22. The van der Waals surface area contributed by atoms with E-state index in [9.17, 15) is 9.59 Å². The Hall–Kier alpha value is -1.36. The average molecular weight is 323 g/mol. The predicted octanol–water partition coefficient (Wildman–Crippen LogP) is 4.03. The van der Waals surface area contributed by atoms with Crippen molar-refractivity contribution in [2.45, 2.75) is 52.9 Å². The number of hydrogen-bond donors (Lipinski definition) is 1. The molecule has 2 rings (SSSR count). The van der Waals surface area contributed by atoms with Crippen LogP contribution in [0.5, 0.6) is 0 Å². The van der Waals surface area contributed by atoms with Crippen molar-refractivity contribution in [1.82, 2.24) is 0 Å². The Morgan fingerprint density at radius 2 is 2.05 bits per heavy atom. The van der Waals surface area contributed by atoms with Crippen molar-refractivity contribution in [2.75, 3.05) is 12.4 Å². The van der Waals surface area contributed by atoms with Crippen LogP contribution in [0, 0.1) is 11.8 Å². The highest BCUT2D eigenvalue weighted by molar-refractivity contribution is 7.17. The van der Waals surface area contributed by atoms with E-state index in [0.29, 0.717) is 16.5 Å². The minimum absolute atomic E-state index is 0.00167. The second kappa shape index (κ2) is 7.27. The molecule has 0 fully saturated rings. The highest BCUT2D eigenvalue weighted by Gasteiger charge is 2.29. The van der Waals surface area contributed by atoms with Crippen LogP contribution < -0.4 is 5.32 Å². The molecule has 0 saturated carbocycles. The van der Waals surface area contributed by atoms with Crippen molar-refractivity contribution in [3.8, 4) is 0 Å². The number of nitrogens with one attached hydrogen (secondary N) is 1.